The molecule has 2 atom stereocenters. The fraction of sp³-hybridized carbons (Fsp3) is 0.857. The third-order valence-electron chi connectivity index (χ3n) is 2.96. The van der Waals surface area contributed by atoms with Gasteiger partial charge >= 0.3 is 0 Å². The van der Waals surface area contributed by atoms with Crippen molar-refractivity contribution < 1.29 is 9.47 Å². The van der Waals surface area contributed by atoms with Crippen LogP contribution < -0.4 is 0 Å². The van der Waals surface area contributed by atoms with Crippen molar-refractivity contribution in [3.05, 3.63) is 0 Å². The molecule has 16 heavy (non-hydrogen) atoms. The molecule has 1 unspecified atom stereocenters. The lowest BCUT2D eigenvalue weighted by atomic mass is 10.1. The molecule has 0 saturated carbocycles. The number of terminal acetylenes is 1. The summed E-state index contributed by atoms with van der Waals surface area (Å²) in [6.45, 7) is 3.05. The van der Waals surface area contributed by atoms with Crippen molar-refractivity contribution in [2.45, 2.75) is 70.7 Å². The van der Waals surface area contributed by atoms with E-state index >= 15 is 0 Å². The maximum Gasteiger partial charge on any atom is 0.157 e. The Kier molecular flexibility index (Phi) is 7.29. The molecule has 0 radical (unpaired) electrons. The Bertz CT molecular complexity index is 201. The molecule has 1 heterocycles. The van der Waals surface area contributed by atoms with Gasteiger partial charge in [-0.1, -0.05) is 26.2 Å². The highest BCUT2D eigenvalue weighted by Crippen LogP contribution is 2.19. The van der Waals surface area contributed by atoms with Crippen molar-refractivity contribution in [3.63, 3.8) is 0 Å². The van der Waals surface area contributed by atoms with Crippen LogP contribution in [-0.4, -0.2) is 19.0 Å². The molecule has 0 aliphatic carbocycles. The first-order valence-electron chi connectivity index (χ1n) is 6.57. The summed E-state index contributed by atoms with van der Waals surface area (Å²) in [5.74, 6) is 2.70. The van der Waals surface area contributed by atoms with E-state index in [9.17, 15) is 0 Å². The molecule has 0 spiro atoms. The zero-order valence-electron chi connectivity index (χ0n) is 10.4. The summed E-state index contributed by atoms with van der Waals surface area (Å²) < 4.78 is 11.5. The molecule has 1 aliphatic rings. The van der Waals surface area contributed by atoms with Gasteiger partial charge in [0, 0.05) is 13.0 Å². The zero-order valence-corrected chi connectivity index (χ0v) is 10.4. The van der Waals surface area contributed by atoms with Crippen molar-refractivity contribution in [2.75, 3.05) is 6.61 Å². The zero-order chi connectivity index (χ0) is 11.6. The molecular formula is C14H24O2. The standard InChI is InChI=1S/C14H24O2/c1-3-5-6-10-13(9-4-2)16-14-11-7-8-12-15-14/h2,13-14H,3,5-12H2,1H3/t13-,14?/m1/s1. The van der Waals surface area contributed by atoms with Gasteiger partial charge in [0.25, 0.3) is 0 Å². The maximum atomic E-state index is 5.91. The summed E-state index contributed by atoms with van der Waals surface area (Å²) in [5.41, 5.74) is 0. The summed E-state index contributed by atoms with van der Waals surface area (Å²) in [6, 6.07) is 0. The molecule has 1 aliphatic heterocycles. The fourth-order valence-corrected chi connectivity index (χ4v) is 2.00. The lowest BCUT2D eigenvalue weighted by Gasteiger charge is -2.27. The van der Waals surface area contributed by atoms with E-state index in [2.05, 4.69) is 12.8 Å². The predicted octanol–water partition coefficient (Wildman–Crippen LogP) is 3.50. The smallest absolute Gasteiger partial charge is 0.157 e. The van der Waals surface area contributed by atoms with Crippen molar-refractivity contribution in [2.24, 2.45) is 0 Å². The normalized spacial score (nSPS) is 22.6. The minimum absolute atomic E-state index is 0.00581. The quantitative estimate of drug-likeness (QED) is 0.487. The second-order valence-electron chi connectivity index (χ2n) is 4.46. The average molecular weight is 224 g/mol. The summed E-state index contributed by atoms with van der Waals surface area (Å²) >= 11 is 0. The fourth-order valence-electron chi connectivity index (χ4n) is 2.00. The topological polar surface area (TPSA) is 18.5 Å². The largest absolute Gasteiger partial charge is 0.353 e. The second-order valence-corrected chi connectivity index (χ2v) is 4.46. The summed E-state index contributed by atoms with van der Waals surface area (Å²) in [7, 11) is 0. The Hall–Kier alpha value is -0.520. The maximum absolute atomic E-state index is 5.91. The van der Waals surface area contributed by atoms with Crippen LogP contribution in [0.4, 0.5) is 0 Å². The van der Waals surface area contributed by atoms with Crippen LogP contribution in [-0.2, 0) is 9.47 Å². The van der Waals surface area contributed by atoms with Crippen LogP contribution in [0.2, 0.25) is 0 Å². The van der Waals surface area contributed by atoms with Crippen molar-refractivity contribution in [1.29, 1.82) is 0 Å². The molecule has 1 fully saturated rings. The first-order valence-corrected chi connectivity index (χ1v) is 6.57. The van der Waals surface area contributed by atoms with E-state index < -0.39 is 0 Å². The van der Waals surface area contributed by atoms with E-state index in [-0.39, 0.29) is 12.4 Å². The van der Waals surface area contributed by atoms with E-state index in [1.807, 2.05) is 0 Å². The summed E-state index contributed by atoms with van der Waals surface area (Å²) in [6.07, 6.45) is 14.4. The molecule has 0 aromatic heterocycles. The third kappa shape index (κ3) is 5.53. The van der Waals surface area contributed by atoms with Gasteiger partial charge in [-0.2, -0.15) is 0 Å². The van der Waals surface area contributed by atoms with E-state index in [1.54, 1.807) is 0 Å². The molecule has 1 saturated heterocycles. The Balaban J connectivity index is 2.22. The molecule has 1 rings (SSSR count). The van der Waals surface area contributed by atoms with Crippen LogP contribution in [0.1, 0.15) is 58.3 Å². The predicted molar refractivity (Wildman–Crippen MR) is 66.1 cm³/mol. The Morgan fingerprint density at radius 1 is 1.44 bits per heavy atom. The van der Waals surface area contributed by atoms with Gasteiger partial charge in [-0.3, -0.25) is 0 Å². The van der Waals surface area contributed by atoms with Crippen LogP contribution in [0.5, 0.6) is 0 Å². The van der Waals surface area contributed by atoms with Crippen molar-refractivity contribution >= 4 is 0 Å². The van der Waals surface area contributed by atoms with Gasteiger partial charge in [0.15, 0.2) is 6.29 Å². The van der Waals surface area contributed by atoms with Gasteiger partial charge in [-0.05, 0) is 25.7 Å². The number of rotatable bonds is 7. The Morgan fingerprint density at radius 3 is 2.94 bits per heavy atom. The summed E-state index contributed by atoms with van der Waals surface area (Å²) in [4.78, 5) is 0. The lowest BCUT2D eigenvalue weighted by molar-refractivity contribution is -0.188. The minimum Gasteiger partial charge on any atom is -0.353 e. The third-order valence-corrected chi connectivity index (χ3v) is 2.96. The molecule has 2 nitrogen and oxygen atoms in total. The van der Waals surface area contributed by atoms with Gasteiger partial charge in [0.2, 0.25) is 0 Å². The van der Waals surface area contributed by atoms with Gasteiger partial charge in [-0.25, -0.2) is 0 Å². The molecular weight excluding hydrogens is 200 g/mol. The van der Waals surface area contributed by atoms with Gasteiger partial charge < -0.3 is 9.47 Å². The van der Waals surface area contributed by atoms with Gasteiger partial charge in [0.05, 0.1) is 6.10 Å². The minimum atomic E-state index is -0.00581. The molecule has 2 heteroatoms. The van der Waals surface area contributed by atoms with Gasteiger partial charge in [0.1, 0.15) is 0 Å². The van der Waals surface area contributed by atoms with E-state index in [0.717, 1.165) is 25.9 Å². The lowest BCUT2D eigenvalue weighted by Crippen LogP contribution is -2.27. The van der Waals surface area contributed by atoms with Crippen molar-refractivity contribution in [1.82, 2.24) is 0 Å². The highest BCUT2D eigenvalue weighted by Gasteiger charge is 2.18. The van der Waals surface area contributed by atoms with Crippen LogP contribution in [0.15, 0.2) is 0 Å². The monoisotopic (exact) mass is 224 g/mol. The van der Waals surface area contributed by atoms with E-state index in [4.69, 9.17) is 15.9 Å². The second kappa shape index (κ2) is 8.61. The van der Waals surface area contributed by atoms with E-state index in [0.29, 0.717) is 6.42 Å². The highest BCUT2D eigenvalue weighted by atomic mass is 16.7. The first kappa shape index (κ1) is 13.5. The van der Waals surface area contributed by atoms with Crippen LogP contribution >= 0.6 is 0 Å². The average Bonchev–Trinajstić information content (AvgIpc) is 2.31. The number of hydrogen-bond donors (Lipinski definition) is 0. The first-order chi connectivity index (χ1) is 7.86. The van der Waals surface area contributed by atoms with Crippen LogP contribution in [0, 0.1) is 12.3 Å². The molecule has 0 bridgehead atoms. The Morgan fingerprint density at radius 2 is 2.31 bits per heavy atom. The number of ether oxygens (including phenoxy) is 2. The molecule has 0 aromatic rings. The summed E-state index contributed by atoms with van der Waals surface area (Å²) in [5, 5.41) is 0. The SMILES string of the molecule is C#CC[C@H](CCCCC)OC1CCCCO1. The van der Waals surface area contributed by atoms with Gasteiger partial charge in [-0.15, -0.1) is 12.3 Å². The molecule has 92 valence electrons. The molecule has 0 N–H and O–H groups in total. The molecule has 0 amide bonds. The molecule has 0 aromatic carbocycles. The number of hydrogen-bond acceptors (Lipinski definition) is 2. The highest BCUT2D eigenvalue weighted by molar-refractivity contribution is 4.87. The van der Waals surface area contributed by atoms with Crippen molar-refractivity contribution in [3.8, 4) is 12.3 Å². The van der Waals surface area contributed by atoms with Crippen LogP contribution in [0.3, 0.4) is 0 Å². The Labute approximate surface area is 99.7 Å². The van der Waals surface area contributed by atoms with E-state index in [1.165, 1.54) is 25.7 Å². The number of unbranched alkanes of at least 4 members (excludes halogenated alkanes) is 2. The van der Waals surface area contributed by atoms with Crippen LogP contribution in [0.25, 0.3) is 0 Å².